The Kier molecular flexibility index (Phi) is 5.23. The molecule has 82 valence electrons. The first-order valence-corrected chi connectivity index (χ1v) is 4.40. The predicted molar refractivity (Wildman–Crippen MR) is 52.8 cm³/mol. The van der Waals surface area contributed by atoms with Crippen LogP contribution in [-0.2, 0) is 12.7 Å². The normalized spacial score (nSPS) is 10.4. The largest absolute Gasteiger partial charge is 0.416 e. The van der Waals surface area contributed by atoms with Gasteiger partial charge in [0.05, 0.1) is 5.56 Å². The Balaban J connectivity index is 0. The van der Waals surface area contributed by atoms with E-state index < -0.39 is 11.7 Å². The Morgan fingerprint density at radius 3 is 2.29 bits per heavy atom. The highest BCUT2D eigenvalue weighted by Gasteiger charge is 2.30. The van der Waals surface area contributed by atoms with Gasteiger partial charge in [0.2, 0.25) is 0 Å². The molecule has 0 spiro atoms. The molecule has 0 aliphatic rings. The molecule has 0 amide bonds. The molecule has 1 aromatic carbocycles. The van der Waals surface area contributed by atoms with Crippen LogP contribution < -0.4 is 5.73 Å². The van der Waals surface area contributed by atoms with Crippen LogP contribution in [0.25, 0.3) is 0 Å². The van der Waals surface area contributed by atoms with Crippen molar-refractivity contribution in [3.05, 3.63) is 35.4 Å². The van der Waals surface area contributed by atoms with Gasteiger partial charge in [-0.1, -0.05) is 32.0 Å². The lowest BCUT2D eigenvalue weighted by atomic mass is 10.1. The van der Waals surface area contributed by atoms with Gasteiger partial charge in [-0.05, 0) is 11.6 Å². The molecule has 1 rings (SSSR count). The second kappa shape index (κ2) is 5.65. The Morgan fingerprint density at radius 2 is 1.86 bits per heavy atom. The fourth-order valence-electron chi connectivity index (χ4n) is 0.875. The first-order valence-electron chi connectivity index (χ1n) is 4.40. The molecule has 0 saturated heterocycles. The van der Waals surface area contributed by atoms with Crippen molar-refractivity contribution in [3.8, 4) is 0 Å². The van der Waals surface area contributed by atoms with Crippen molar-refractivity contribution in [1.82, 2.24) is 0 Å². The summed E-state index contributed by atoms with van der Waals surface area (Å²) in [6, 6.07) is 5.00. The number of hydrogen-bond donors (Lipinski definition) is 1. The lowest BCUT2D eigenvalue weighted by Gasteiger charge is -2.06. The summed E-state index contributed by atoms with van der Waals surface area (Å²) in [6.07, 6.45) is -4.27. The standard InChI is InChI=1S/C8H8F3N.C2H6.H2/c9-8(10,11)7-3-1-2-6(4-7)5-12;1-2;/h1-4H,5,12H2;1-2H3;1H. The van der Waals surface area contributed by atoms with Crippen LogP contribution in [0.4, 0.5) is 13.2 Å². The molecular weight excluding hydrogens is 191 g/mol. The van der Waals surface area contributed by atoms with Crippen molar-refractivity contribution in [2.75, 3.05) is 0 Å². The van der Waals surface area contributed by atoms with Gasteiger partial charge in [-0.2, -0.15) is 13.2 Å². The molecule has 0 aliphatic carbocycles. The quantitative estimate of drug-likeness (QED) is 0.750. The van der Waals surface area contributed by atoms with Gasteiger partial charge in [-0.3, -0.25) is 0 Å². The topological polar surface area (TPSA) is 26.0 Å². The number of hydrogen-bond acceptors (Lipinski definition) is 1. The highest BCUT2D eigenvalue weighted by molar-refractivity contribution is 5.25. The molecule has 4 heteroatoms. The molecule has 2 N–H and O–H groups in total. The minimum Gasteiger partial charge on any atom is -0.326 e. The average molecular weight is 207 g/mol. The summed E-state index contributed by atoms with van der Waals surface area (Å²) < 4.78 is 36.2. The molecule has 0 aliphatic heterocycles. The number of halogens is 3. The zero-order valence-corrected chi connectivity index (χ0v) is 8.23. The van der Waals surface area contributed by atoms with E-state index in [1.54, 1.807) is 6.07 Å². The third kappa shape index (κ3) is 3.79. The third-order valence-electron chi connectivity index (χ3n) is 1.49. The van der Waals surface area contributed by atoms with E-state index in [1.807, 2.05) is 13.8 Å². The Labute approximate surface area is 83.2 Å². The van der Waals surface area contributed by atoms with E-state index in [2.05, 4.69) is 0 Å². The van der Waals surface area contributed by atoms with Crippen LogP contribution >= 0.6 is 0 Å². The molecule has 0 aromatic heterocycles. The molecule has 0 saturated carbocycles. The molecule has 0 heterocycles. The van der Waals surface area contributed by atoms with Crippen LogP contribution in [0.5, 0.6) is 0 Å². The number of nitrogens with two attached hydrogens (primary N) is 1. The summed E-state index contributed by atoms with van der Waals surface area (Å²) in [7, 11) is 0. The smallest absolute Gasteiger partial charge is 0.326 e. The summed E-state index contributed by atoms with van der Waals surface area (Å²) in [6.45, 7) is 4.13. The summed E-state index contributed by atoms with van der Waals surface area (Å²) in [5.74, 6) is 0. The summed E-state index contributed by atoms with van der Waals surface area (Å²) in [5, 5.41) is 0. The molecule has 0 unspecified atom stereocenters. The zero-order valence-electron chi connectivity index (χ0n) is 8.23. The lowest BCUT2D eigenvalue weighted by Crippen LogP contribution is -2.06. The van der Waals surface area contributed by atoms with Crippen LogP contribution in [0.15, 0.2) is 24.3 Å². The maximum absolute atomic E-state index is 12.1. The summed E-state index contributed by atoms with van der Waals surface area (Å²) >= 11 is 0. The van der Waals surface area contributed by atoms with Crippen molar-refractivity contribution in [1.29, 1.82) is 0 Å². The molecule has 0 fully saturated rings. The molecule has 0 atom stereocenters. The van der Waals surface area contributed by atoms with E-state index in [4.69, 9.17) is 5.73 Å². The van der Waals surface area contributed by atoms with E-state index in [9.17, 15) is 13.2 Å². The van der Waals surface area contributed by atoms with E-state index in [0.29, 0.717) is 5.56 Å². The molecule has 0 bridgehead atoms. The minimum atomic E-state index is -4.27. The maximum Gasteiger partial charge on any atom is 0.416 e. The van der Waals surface area contributed by atoms with Gasteiger partial charge in [-0.25, -0.2) is 0 Å². The fourth-order valence-corrected chi connectivity index (χ4v) is 0.875. The third-order valence-corrected chi connectivity index (χ3v) is 1.49. The van der Waals surface area contributed by atoms with Crippen molar-refractivity contribution >= 4 is 0 Å². The van der Waals surface area contributed by atoms with Crippen molar-refractivity contribution < 1.29 is 14.6 Å². The molecular formula is C10H16F3N. The van der Waals surface area contributed by atoms with Gasteiger partial charge in [0, 0.05) is 7.97 Å². The zero-order chi connectivity index (χ0) is 11.2. The first kappa shape index (κ1) is 13.0. The first-order chi connectivity index (χ1) is 6.54. The van der Waals surface area contributed by atoms with Crippen LogP contribution in [0, 0.1) is 0 Å². The average Bonchev–Trinajstić information content (AvgIpc) is 2.20. The predicted octanol–water partition coefficient (Wildman–Crippen LogP) is 3.44. The van der Waals surface area contributed by atoms with E-state index in [1.165, 1.54) is 6.07 Å². The van der Waals surface area contributed by atoms with Gasteiger partial charge in [-0.15, -0.1) is 0 Å². The molecule has 0 radical (unpaired) electrons. The second-order valence-electron chi connectivity index (χ2n) is 2.40. The van der Waals surface area contributed by atoms with Gasteiger partial charge in [0.25, 0.3) is 0 Å². The Morgan fingerprint density at radius 1 is 1.29 bits per heavy atom. The van der Waals surface area contributed by atoms with E-state index >= 15 is 0 Å². The Bertz CT molecular complexity index is 274. The van der Waals surface area contributed by atoms with Crippen LogP contribution in [0.1, 0.15) is 26.4 Å². The summed E-state index contributed by atoms with van der Waals surface area (Å²) in [4.78, 5) is 0. The molecule has 1 aromatic rings. The van der Waals surface area contributed by atoms with Gasteiger partial charge in [0.1, 0.15) is 0 Å². The number of alkyl halides is 3. The number of rotatable bonds is 1. The monoisotopic (exact) mass is 207 g/mol. The van der Waals surface area contributed by atoms with Gasteiger partial charge < -0.3 is 5.73 Å². The minimum absolute atomic E-state index is 0. The van der Waals surface area contributed by atoms with Gasteiger partial charge in [0.15, 0.2) is 0 Å². The van der Waals surface area contributed by atoms with Crippen molar-refractivity contribution in [3.63, 3.8) is 0 Å². The highest BCUT2D eigenvalue weighted by Crippen LogP contribution is 2.29. The van der Waals surface area contributed by atoms with Crippen molar-refractivity contribution in [2.24, 2.45) is 5.73 Å². The van der Waals surface area contributed by atoms with Crippen molar-refractivity contribution in [2.45, 2.75) is 26.6 Å². The lowest BCUT2D eigenvalue weighted by molar-refractivity contribution is -0.137. The second-order valence-corrected chi connectivity index (χ2v) is 2.40. The Hall–Kier alpha value is -1.03. The van der Waals surface area contributed by atoms with E-state index in [0.717, 1.165) is 12.1 Å². The summed E-state index contributed by atoms with van der Waals surface area (Å²) in [5.41, 5.74) is 5.04. The maximum atomic E-state index is 12.1. The number of benzene rings is 1. The van der Waals surface area contributed by atoms with Gasteiger partial charge >= 0.3 is 6.18 Å². The van der Waals surface area contributed by atoms with Crippen LogP contribution in [0.2, 0.25) is 0 Å². The van der Waals surface area contributed by atoms with E-state index in [-0.39, 0.29) is 7.97 Å². The highest BCUT2D eigenvalue weighted by atomic mass is 19.4. The fraction of sp³-hybridized carbons (Fsp3) is 0.400. The SMILES string of the molecule is CC.NCc1cccc(C(F)(F)F)c1.[HH]. The molecule has 1 nitrogen and oxygen atoms in total. The van der Waals surface area contributed by atoms with Crippen LogP contribution in [-0.4, -0.2) is 0 Å². The molecule has 14 heavy (non-hydrogen) atoms. The van der Waals surface area contributed by atoms with Crippen LogP contribution in [0.3, 0.4) is 0 Å².